The molecule has 18 heavy (non-hydrogen) atoms. The van der Waals surface area contributed by atoms with E-state index in [-0.39, 0.29) is 5.60 Å². The summed E-state index contributed by atoms with van der Waals surface area (Å²) in [4.78, 5) is 2.76. The first kappa shape index (κ1) is 15.7. The molecule has 0 saturated carbocycles. The fourth-order valence-corrected chi connectivity index (χ4v) is 3.65. The molecule has 1 atom stereocenters. The Morgan fingerprint density at radius 2 is 1.89 bits per heavy atom. The maximum Gasteiger partial charge on any atom is 0.0878 e. The molecule has 0 amide bonds. The van der Waals surface area contributed by atoms with Gasteiger partial charge in [-0.2, -0.15) is 0 Å². The summed E-state index contributed by atoms with van der Waals surface area (Å²) in [6, 6.07) is 4.75. The van der Waals surface area contributed by atoms with E-state index in [2.05, 4.69) is 52.1 Å². The normalized spacial score (nSPS) is 13.8. The SMILES string of the molecule is CCNC(c1ccc(C)s1)C(CC)(CC)OCC. The molecule has 0 saturated heterocycles. The first-order valence-corrected chi connectivity index (χ1v) is 7.88. The zero-order chi connectivity index (χ0) is 13.6. The summed E-state index contributed by atoms with van der Waals surface area (Å²) in [6.07, 6.45) is 2.07. The van der Waals surface area contributed by atoms with E-state index in [9.17, 15) is 0 Å². The van der Waals surface area contributed by atoms with Gasteiger partial charge >= 0.3 is 0 Å². The predicted octanol–water partition coefficient (Wildman–Crippen LogP) is 4.30. The highest BCUT2D eigenvalue weighted by atomic mass is 32.1. The topological polar surface area (TPSA) is 21.3 Å². The summed E-state index contributed by atoms with van der Waals surface area (Å²) in [6.45, 7) is 12.6. The number of rotatable bonds is 8. The first-order valence-electron chi connectivity index (χ1n) is 7.07. The Labute approximate surface area is 116 Å². The molecule has 1 aromatic rings. The van der Waals surface area contributed by atoms with Crippen molar-refractivity contribution in [3.05, 3.63) is 21.9 Å². The van der Waals surface area contributed by atoms with E-state index in [1.54, 1.807) is 0 Å². The molecule has 1 rings (SSSR count). The van der Waals surface area contributed by atoms with Crippen molar-refractivity contribution in [2.75, 3.05) is 13.2 Å². The number of nitrogens with one attached hydrogen (secondary N) is 1. The van der Waals surface area contributed by atoms with Crippen molar-refractivity contribution in [2.45, 2.75) is 59.1 Å². The van der Waals surface area contributed by atoms with Crippen molar-refractivity contribution in [2.24, 2.45) is 0 Å². The summed E-state index contributed by atoms with van der Waals surface area (Å²) in [5, 5.41) is 3.63. The molecule has 104 valence electrons. The Morgan fingerprint density at radius 3 is 2.28 bits per heavy atom. The highest BCUT2D eigenvalue weighted by molar-refractivity contribution is 7.12. The van der Waals surface area contributed by atoms with Crippen LogP contribution in [0.2, 0.25) is 0 Å². The molecule has 0 aromatic carbocycles. The van der Waals surface area contributed by atoms with E-state index < -0.39 is 0 Å². The molecular weight excluding hydrogens is 242 g/mol. The van der Waals surface area contributed by atoms with Crippen LogP contribution in [0.4, 0.5) is 0 Å². The summed E-state index contributed by atoms with van der Waals surface area (Å²) in [7, 11) is 0. The molecule has 1 heterocycles. The van der Waals surface area contributed by atoms with Crippen molar-refractivity contribution in [1.29, 1.82) is 0 Å². The second-order valence-electron chi connectivity index (χ2n) is 4.64. The molecule has 0 bridgehead atoms. The Kier molecular flexibility index (Phi) is 6.33. The molecule has 0 aliphatic heterocycles. The van der Waals surface area contributed by atoms with E-state index in [1.807, 2.05) is 11.3 Å². The molecular formula is C15H27NOS. The van der Waals surface area contributed by atoms with Gasteiger partial charge in [-0.3, -0.25) is 0 Å². The zero-order valence-corrected chi connectivity index (χ0v) is 13.2. The summed E-state index contributed by atoms with van der Waals surface area (Å²) in [5.74, 6) is 0. The number of thiophene rings is 1. The third-order valence-corrected chi connectivity index (χ3v) is 4.67. The lowest BCUT2D eigenvalue weighted by atomic mass is 9.87. The van der Waals surface area contributed by atoms with E-state index in [4.69, 9.17) is 4.74 Å². The fraction of sp³-hybridized carbons (Fsp3) is 0.733. The molecule has 3 heteroatoms. The smallest absolute Gasteiger partial charge is 0.0878 e. The fourth-order valence-electron chi connectivity index (χ4n) is 2.59. The van der Waals surface area contributed by atoms with Crippen molar-refractivity contribution in [3.8, 4) is 0 Å². The van der Waals surface area contributed by atoms with Gasteiger partial charge in [-0.25, -0.2) is 0 Å². The van der Waals surface area contributed by atoms with Gasteiger partial charge in [0.25, 0.3) is 0 Å². The van der Waals surface area contributed by atoms with E-state index in [0.717, 1.165) is 26.0 Å². The van der Waals surface area contributed by atoms with Gasteiger partial charge in [0.1, 0.15) is 0 Å². The lowest BCUT2D eigenvalue weighted by Gasteiger charge is -2.39. The minimum absolute atomic E-state index is 0.0813. The van der Waals surface area contributed by atoms with Crippen LogP contribution in [0, 0.1) is 6.92 Å². The highest BCUT2D eigenvalue weighted by Gasteiger charge is 2.37. The van der Waals surface area contributed by atoms with Crippen LogP contribution in [0.1, 0.15) is 56.3 Å². The van der Waals surface area contributed by atoms with Gasteiger partial charge in [-0.05, 0) is 45.4 Å². The van der Waals surface area contributed by atoms with Gasteiger partial charge in [0.05, 0.1) is 11.6 Å². The molecule has 2 nitrogen and oxygen atoms in total. The summed E-state index contributed by atoms with van der Waals surface area (Å²) >= 11 is 1.88. The van der Waals surface area contributed by atoms with Crippen LogP contribution in [0.25, 0.3) is 0 Å². The van der Waals surface area contributed by atoms with E-state index in [1.165, 1.54) is 9.75 Å². The highest BCUT2D eigenvalue weighted by Crippen LogP contribution is 2.38. The Bertz CT molecular complexity index is 344. The maximum absolute atomic E-state index is 6.15. The Balaban J connectivity index is 3.07. The van der Waals surface area contributed by atoms with Crippen LogP contribution in [-0.2, 0) is 4.74 Å². The summed E-state index contributed by atoms with van der Waals surface area (Å²) < 4.78 is 6.15. The largest absolute Gasteiger partial charge is 0.373 e. The van der Waals surface area contributed by atoms with E-state index in [0.29, 0.717) is 6.04 Å². The molecule has 0 aliphatic carbocycles. The lowest BCUT2D eigenvalue weighted by molar-refractivity contribution is -0.0722. The lowest BCUT2D eigenvalue weighted by Crippen LogP contribution is -2.45. The van der Waals surface area contributed by atoms with Crippen molar-refractivity contribution in [1.82, 2.24) is 5.32 Å². The van der Waals surface area contributed by atoms with Crippen molar-refractivity contribution in [3.63, 3.8) is 0 Å². The van der Waals surface area contributed by atoms with Crippen LogP contribution in [0.3, 0.4) is 0 Å². The number of ether oxygens (including phenoxy) is 1. The molecule has 0 radical (unpaired) electrons. The molecule has 0 spiro atoms. The average molecular weight is 269 g/mol. The molecule has 1 unspecified atom stereocenters. The van der Waals surface area contributed by atoms with Crippen molar-refractivity contribution < 1.29 is 4.74 Å². The molecule has 0 fully saturated rings. The van der Waals surface area contributed by atoms with Crippen LogP contribution in [0.15, 0.2) is 12.1 Å². The average Bonchev–Trinajstić information content (AvgIpc) is 2.80. The predicted molar refractivity (Wildman–Crippen MR) is 80.4 cm³/mol. The van der Waals surface area contributed by atoms with Gasteiger partial charge < -0.3 is 10.1 Å². The third kappa shape index (κ3) is 3.34. The van der Waals surface area contributed by atoms with Gasteiger partial charge in [0.2, 0.25) is 0 Å². The molecule has 1 aromatic heterocycles. The first-order chi connectivity index (χ1) is 8.63. The number of hydrogen-bond acceptors (Lipinski definition) is 3. The van der Waals surface area contributed by atoms with Gasteiger partial charge in [0.15, 0.2) is 0 Å². The zero-order valence-electron chi connectivity index (χ0n) is 12.4. The molecule has 1 N–H and O–H groups in total. The second-order valence-corrected chi connectivity index (χ2v) is 5.96. The van der Waals surface area contributed by atoms with E-state index >= 15 is 0 Å². The number of likely N-dealkylation sites (N-methyl/N-ethyl adjacent to an activating group) is 1. The van der Waals surface area contributed by atoms with Gasteiger partial charge in [-0.1, -0.05) is 20.8 Å². The maximum atomic E-state index is 6.15. The standard InChI is InChI=1S/C15H27NOS/c1-6-15(7-2,17-9-4)14(16-8-3)13-11-10-12(5)18-13/h10-11,14,16H,6-9H2,1-5H3. The number of hydrogen-bond donors (Lipinski definition) is 1. The molecule has 0 aliphatic rings. The quantitative estimate of drug-likeness (QED) is 0.759. The minimum atomic E-state index is -0.0813. The van der Waals surface area contributed by atoms with Gasteiger partial charge in [0, 0.05) is 16.4 Å². The minimum Gasteiger partial charge on any atom is -0.373 e. The number of aryl methyl sites for hydroxylation is 1. The van der Waals surface area contributed by atoms with Gasteiger partial charge in [-0.15, -0.1) is 11.3 Å². The van der Waals surface area contributed by atoms with Crippen molar-refractivity contribution >= 4 is 11.3 Å². The Hall–Kier alpha value is -0.380. The second kappa shape index (κ2) is 7.27. The monoisotopic (exact) mass is 269 g/mol. The summed E-state index contributed by atoms with van der Waals surface area (Å²) in [5.41, 5.74) is -0.0813. The van der Waals surface area contributed by atoms with Crippen LogP contribution in [0.5, 0.6) is 0 Å². The third-order valence-electron chi connectivity index (χ3n) is 3.61. The van der Waals surface area contributed by atoms with Crippen LogP contribution >= 0.6 is 11.3 Å². The van der Waals surface area contributed by atoms with Crippen LogP contribution in [-0.4, -0.2) is 18.8 Å². The van der Waals surface area contributed by atoms with Crippen LogP contribution < -0.4 is 5.32 Å². The Morgan fingerprint density at radius 1 is 1.22 bits per heavy atom.